The maximum absolute atomic E-state index is 6.24. The quantitative estimate of drug-likeness (QED) is 0.905. The third kappa shape index (κ3) is 3.26. The minimum atomic E-state index is 0.227. The fraction of sp³-hybridized carbons (Fsp3) is 0.765. The Hall–Kier alpha value is -0.380. The molecule has 1 aromatic heterocycles. The summed E-state index contributed by atoms with van der Waals surface area (Å²) in [7, 11) is 2.13. The molecule has 2 heterocycles. The van der Waals surface area contributed by atoms with Crippen LogP contribution in [-0.2, 0) is 11.2 Å². The van der Waals surface area contributed by atoms with E-state index in [0.717, 1.165) is 12.5 Å². The zero-order valence-electron chi connectivity index (χ0n) is 12.6. The largest absolute Gasteiger partial charge is 0.375 e. The molecule has 2 nitrogen and oxygen atoms in total. The van der Waals surface area contributed by atoms with Crippen molar-refractivity contribution in [2.75, 3.05) is 13.7 Å². The van der Waals surface area contributed by atoms with Crippen molar-refractivity contribution < 1.29 is 4.74 Å². The molecule has 1 spiro atoms. The van der Waals surface area contributed by atoms with Crippen LogP contribution in [0, 0.1) is 5.92 Å². The average molecular weight is 293 g/mol. The van der Waals surface area contributed by atoms with Crippen molar-refractivity contribution in [2.24, 2.45) is 5.92 Å². The van der Waals surface area contributed by atoms with Gasteiger partial charge in [0.05, 0.1) is 5.60 Å². The van der Waals surface area contributed by atoms with Crippen molar-refractivity contribution in [1.82, 2.24) is 5.32 Å². The van der Waals surface area contributed by atoms with Crippen LogP contribution in [0.4, 0.5) is 0 Å². The van der Waals surface area contributed by atoms with Crippen LogP contribution in [0.5, 0.6) is 0 Å². The van der Waals surface area contributed by atoms with Crippen molar-refractivity contribution >= 4 is 11.3 Å². The summed E-state index contributed by atoms with van der Waals surface area (Å²) in [6, 6.07) is 2.87. The second kappa shape index (κ2) is 6.59. The summed E-state index contributed by atoms with van der Waals surface area (Å²) >= 11 is 1.81. The Morgan fingerprint density at radius 2 is 2.25 bits per heavy atom. The molecular formula is C17H27NOS. The summed E-state index contributed by atoms with van der Waals surface area (Å²) in [5, 5.41) is 8.06. The second-order valence-electron chi connectivity index (χ2n) is 6.58. The Bertz CT molecular complexity index is 392. The highest BCUT2D eigenvalue weighted by Gasteiger charge is 2.40. The predicted molar refractivity (Wildman–Crippen MR) is 85.4 cm³/mol. The predicted octanol–water partition coefficient (Wildman–Crippen LogP) is 4.01. The lowest BCUT2D eigenvalue weighted by Crippen LogP contribution is -2.47. The van der Waals surface area contributed by atoms with Gasteiger partial charge in [-0.2, -0.15) is 11.3 Å². The Morgan fingerprint density at radius 1 is 1.40 bits per heavy atom. The van der Waals surface area contributed by atoms with Crippen molar-refractivity contribution in [1.29, 1.82) is 0 Å². The van der Waals surface area contributed by atoms with Gasteiger partial charge in [0, 0.05) is 12.6 Å². The zero-order chi connectivity index (χ0) is 13.8. The van der Waals surface area contributed by atoms with Crippen molar-refractivity contribution in [3.63, 3.8) is 0 Å². The molecule has 2 unspecified atom stereocenters. The van der Waals surface area contributed by atoms with Crippen molar-refractivity contribution in [3.05, 3.63) is 22.4 Å². The van der Waals surface area contributed by atoms with E-state index in [2.05, 4.69) is 29.2 Å². The number of nitrogens with one attached hydrogen (secondary N) is 1. The minimum absolute atomic E-state index is 0.227. The first kappa shape index (κ1) is 14.6. The molecule has 1 saturated carbocycles. The maximum atomic E-state index is 6.24. The van der Waals surface area contributed by atoms with Gasteiger partial charge in [-0.15, -0.1) is 0 Å². The van der Waals surface area contributed by atoms with Gasteiger partial charge in [0.2, 0.25) is 0 Å². The van der Waals surface area contributed by atoms with Gasteiger partial charge in [-0.1, -0.05) is 19.3 Å². The SMILES string of the molecule is CNC(Cc1ccsc1)C1CCOC2(CCCCC2)C1. The summed E-state index contributed by atoms with van der Waals surface area (Å²) in [6.07, 6.45) is 10.4. The number of rotatable bonds is 4. The summed E-state index contributed by atoms with van der Waals surface area (Å²) < 4.78 is 6.24. The van der Waals surface area contributed by atoms with Gasteiger partial charge in [0.1, 0.15) is 0 Å². The highest BCUT2D eigenvalue weighted by Crippen LogP contribution is 2.41. The highest BCUT2D eigenvalue weighted by molar-refractivity contribution is 7.07. The Kier molecular flexibility index (Phi) is 4.79. The average Bonchev–Trinajstić information content (AvgIpc) is 2.98. The van der Waals surface area contributed by atoms with E-state index in [1.165, 1.54) is 56.9 Å². The van der Waals surface area contributed by atoms with Gasteiger partial charge < -0.3 is 10.1 Å². The number of thiophene rings is 1. The van der Waals surface area contributed by atoms with Crippen LogP contribution in [-0.4, -0.2) is 25.3 Å². The van der Waals surface area contributed by atoms with E-state index in [1.807, 2.05) is 11.3 Å². The van der Waals surface area contributed by atoms with E-state index in [9.17, 15) is 0 Å². The van der Waals surface area contributed by atoms with Gasteiger partial charge in [-0.25, -0.2) is 0 Å². The molecular weight excluding hydrogens is 266 g/mol. The molecule has 0 radical (unpaired) electrons. The molecule has 1 saturated heterocycles. The number of hydrogen-bond acceptors (Lipinski definition) is 3. The number of hydrogen-bond donors (Lipinski definition) is 1. The molecule has 1 aliphatic heterocycles. The van der Waals surface area contributed by atoms with Crippen LogP contribution in [0.1, 0.15) is 50.5 Å². The normalized spacial score (nSPS) is 27.6. The zero-order valence-corrected chi connectivity index (χ0v) is 13.4. The molecule has 0 amide bonds. The van der Waals surface area contributed by atoms with Gasteiger partial charge in [0.15, 0.2) is 0 Å². The lowest BCUT2D eigenvalue weighted by atomic mass is 9.73. The van der Waals surface area contributed by atoms with E-state index in [1.54, 1.807) is 0 Å². The molecule has 3 rings (SSSR count). The molecule has 2 fully saturated rings. The first-order chi connectivity index (χ1) is 9.81. The first-order valence-electron chi connectivity index (χ1n) is 8.14. The fourth-order valence-corrected chi connectivity index (χ4v) is 4.80. The van der Waals surface area contributed by atoms with E-state index in [-0.39, 0.29) is 5.60 Å². The van der Waals surface area contributed by atoms with Crippen molar-refractivity contribution in [3.8, 4) is 0 Å². The van der Waals surface area contributed by atoms with Gasteiger partial charge in [-0.05, 0) is 67.5 Å². The lowest BCUT2D eigenvalue weighted by molar-refractivity contribution is -0.121. The summed E-state index contributed by atoms with van der Waals surface area (Å²) in [5.41, 5.74) is 1.71. The summed E-state index contributed by atoms with van der Waals surface area (Å²) in [6.45, 7) is 0.965. The summed E-state index contributed by atoms with van der Waals surface area (Å²) in [5.74, 6) is 0.770. The van der Waals surface area contributed by atoms with E-state index < -0.39 is 0 Å². The summed E-state index contributed by atoms with van der Waals surface area (Å²) in [4.78, 5) is 0. The monoisotopic (exact) mass is 293 g/mol. The van der Waals surface area contributed by atoms with Gasteiger partial charge in [0.25, 0.3) is 0 Å². The minimum Gasteiger partial charge on any atom is -0.375 e. The molecule has 0 aromatic carbocycles. The maximum Gasteiger partial charge on any atom is 0.0685 e. The fourth-order valence-electron chi connectivity index (χ4n) is 4.12. The lowest BCUT2D eigenvalue weighted by Gasteiger charge is -2.45. The van der Waals surface area contributed by atoms with Crippen LogP contribution >= 0.6 is 11.3 Å². The molecule has 0 bridgehead atoms. The van der Waals surface area contributed by atoms with Crippen LogP contribution in [0.15, 0.2) is 16.8 Å². The Balaban J connectivity index is 1.65. The third-order valence-electron chi connectivity index (χ3n) is 5.27. The molecule has 2 atom stereocenters. The molecule has 112 valence electrons. The second-order valence-corrected chi connectivity index (χ2v) is 7.36. The standard InChI is InChI=1S/C17H27NOS/c1-18-16(11-14-6-10-20-13-14)15-5-9-19-17(12-15)7-3-2-4-8-17/h6,10,13,15-16,18H,2-5,7-9,11-12H2,1H3. The Morgan fingerprint density at radius 3 is 2.95 bits per heavy atom. The third-order valence-corrected chi connectivity index (χ3v) is 6.00. The molecule has 1 N–H and O–H groups in total. The van der Waals surface area contributed by atoms with Gasteiger partial charge >= 0.3 is 0 Å². The smallest absolute Gasteiger partial charge is 0.0685 e. The van der Waals surface area contributed by atoms with Crippen molar-refractivity contribution in [2.45, 2.75) is 63.0 Å². The van der Waals surface area contributed by atoms with Crippen LogP contribution in [0.3, 0.4) is 0 Å². The molecule has 1 aromatic rings. The first-order valence-corrected chi connectivity index (χ1v) is 9.08. The molecule has 1 aliphatic carbocycles. The molecule has 2 aliphatic rings. The topological polar surface area (TPSA) is 21.3 Å². The number of ether oxygens (including phenoxy) is 1. The van der Waals surface area contributed by atoms with Gasteiger partial charge in [-0.3, -0.25) is 0 Å². The van der Waals surface area contributed by atoms with E-state index in [0.29, 0.717) is 6.04 Å². The Labute approximate surface area is 126 Å². The molecule has 20 heavy (non-hydrogen) atoms. The van der Waals surface area contributed by atoms with Crippen LogP contribution in [0.25, 0.3) is 0 Å². The molecule has 3 heteroatoms. The van der Waals surface area contributed by atoms with E-state index >= 15 is 0 Å². The van der Waals surface area contributed by atoms with Crippen LogP contribution in [0.2, 0.25) is 0 Å². The highest BCUT2D eigenvalue weighted by atomic mass is 32.1. The van der Waals surface area contributed by atoms with E-state index in [4.69, 9.17) is 4.74 Å². The number of likely N-dealkylation sites (N-methyl/N-ethyl adjacent to an activating group) is 1. The van der Waals surface area contributed by atoms with Crippen LogP contribution < -0.4 is 5.32 Å².